The third-order valence-electron chi connectivity index (χ3n) is 2.62. The Balaban J connectivity index is 2.05. The second-order valence-electron chi connectivity index (χ2n) is 4.34. The number of carboxylic acids is 1. The number of amides is 1. The van der Waals surface area contributed by atoms with Gasteiger partial charge in [0.15, 0.2) is 10.9 Å². The predicted octanol–water partition coefficient (Wildman–Crippen LogP) is 2.38. The van der Waals surface area contributed by atoms with Gasteiger partial charge in [-0.2, -0.15) is 0 Å². The molecule has 0 saturated carbocycles. The van der Waals surface area contributed by atoms with Crippen molar-refractivity contribution < 1.29 is 19.1 Å². The molecule has 1 aromatic carbocycles. The Kier molecular flexibility index (Phi) is 5.89. The Morgan fingerprint density at radius 1 is 1.30 bits per heavy atom. The zero-order chi connectivity index (χ0) is 16.8. The molecule has 0 bridgehead atoms. The van der Waals surface area contributed by atoms with Crippen LogP contribution in [0.3, 0.4) is 0 Å². The zero-order valence-electron chi connectivity index (χ0n) is 11.6. The highest BCUT2D eigenvalue weighted by molar-refractivity contribution is 7.98. The summed E-state index contributed by atoms with van der Waals surface area (Å²) in [6, 6.07) is 5.98. The Morgan fingerprint density at radius 3 is 2.65 bits per heavy atom. The normalized spacial score (nSPS) is 10.3. The fourth-order valence-electron chi connectivity index (χ4n) is 1.55. The third kappa shape index (κ3) is 5.19. The minimum atomic E-state index is -1.17. The smallest absolute Gasteiger partial charge is 0.322 e. The lowest BCUT2D eigenvalue weighted by atomic mass is 10.2. The lowest BCUT2D eigenvalue weighted by Crippen LogP contribution is -2.30. The highest BCUT2D eigenvalue weighted by Crippen LogP contribution is 2.22. The molecule has 0 radical (unpaired) electrons. The van der Waals surface area contributed by atoms with E-state index in [0.29, 0.717) is 10.9 Å². The van der Waals surface area contributed by atoms with Crippen molar-refractivity contribution in [2.75, 3.05) is 6.54 Å². The molecule has 0 atom stereocenters. The number of aromatic nitrogens is 2. The molecule has 0 aliphatic carbocycles. The monoisotopic (exact) mass is 355 g/mol. The van der Waals surface area contributed by atoms with Crippen LogP contribution in [0.4, 0.5) is 4.39 Å². The average molecular weight is 356 g/mol. The summed E-state index contributed by atoms with van der Waals surface area (Å²) in [6.07, 6.45) is 1.28. The second-order valence-corrected chi connectivity index (χ2v) is 5.69. The van der Waals surface area contributed by atoms with Crippen molar-refractivity contribution in [3.05, 3.63) is 52.6 Å². The lowest BCUT2D eigenvalue weighted by Gasteiger charge is -2.06. The van der Waals surface area contributed by atoms with Gasteiger partial charge in [0.1, 0.15) is 12.4 Å². The van der Waals surface area contributed by atoms with Gasteiger partial charge in [0, 0.05) is 5.75 Å². The second kappa shape index (κ2) is 7.89. The van der Waals surface area contributed by atoms with E-state index in [1.165, 1.54) is 30.1 Å². The molecule has 0 aliphatic heterocycles. The van der Waals surface area contributed by atoms with Crippen LogP contribution in [0.15, 0.2) is 35.6 Å². The molecular formula is C14H11ClFN3O3S. The first-order valence-corrected chi connectivity index (χ1v) is 7.72. The van der Waals surface area contributed by atoms with Crippen LogP contribution in [0.5, 0.6) is 0 Å². The maximum Gasteiger partial charge on any atom is 0.322 e. The summed E-state index contributed by atoms with van der Waals surface area (Å²) in [6.45, 7) is -0.531. The van der Waals surface area contributed by atoms with Gasteiger partial charge in [-0.25, -0.2) is 14.4 Å². The van der Waals surface area contributed by atoms with Crippen molar-refractivity contribution in [3.63, 3.8) is 0 Å². The molecule has 0 fully saturated rings. The number of nitrogens with one attached hydrogen (secondary N) is 1. The van der Waals surface area contributed by atoms with Gasteiger partial charge in [-0.1, -0.05) is 35.5 Å². The van der Waals surface area contributed by atoms with E-state index in [-0.39, 0.29) is 16.5 Å². The molecule has 2 rings (SSSR count). The standard InChI is InChI=1S/C14H11ClFN3O3S/c15-10-5-18-14(19-12(10)13(22)17-6-11(20)21)23-7-8-1-3-9(16)4-2-8/h1-5H,6-7H2,(H,17,22)(H,20,21). The molecule has 9 heteroatoms. The number of nitrogens with zero attached hydrogens (tertiary/aromatic N) is 2. The van der Waals surface area contributed by atoms with Crippen molar-refractivity contribution in [2.45, 2.75) is 10.9 Å². The van der Waals surface area contributed by atoms with Crippen LogP contribution in [0.2, 0.25) is 5.02 Å². The van der Waals surface area contributed by atoms with E-state index in [2.05, 4.69) is 15.3 Å². The largest absolute Gasteiger partial charge is 0.480 e. The van der Waals surface area contributed by atoms with E-state index < -0.39 is 18.4 Å². The van der Waals surface area contributed by atoms with E-state index in [0.717, 1.165) is 5.56 Å². The number of hydrogen-bond acceptors (Lipinski definition) is 5. The molecule has 6 nitrogen and oxygen atoms in total. The van der Waals surface area contributed by atoms with Crippen LogP contribution in [-0.4, -0.2) is 33.5 Å². The van der Waals surface area contributed by atoms with Gasteiger partial charge in [0.25, 0.3) is 5.91 Å². The summed E-state index contributed by atoms with van der Waals surface area (Å²) in [7, 11) is 0. The Morgan fingerprint density at radius 2 is 2.00 bits per heavy atom. The van der Waals surface area contributed by atoms with Crippen LogP contribution in [0.25, 0.3) is 0 Å². The van der Waals surface area contributed by atoms with Crippen molar-refractivity contribution in [1.82, 2.24) is 15.3 Å². The molecule has 23 heavy (non-hydrogen) atoms. The number of thioether (sulfide) groups is 1. The molecule has 1 amide bonds. The minimum Gasteiger partial charge on any atom is -0.480 e. The van der Waals surface area contributed by atoms with E-state index >= 15 is 0 Å². The Bertz CT molecular complexity index is 728. The first kappa shape index (κ1) is 17.2. The van der Waals surface area contributed by atoms with Crippen molar-refractivity contribution >= 4 is 35.2 Å². The molecular weight excluding hydrogens is 345 g/mol. The predicted molar refractivity (Wildman–Crippen MR) is 83.0 cm³/mol. The molecule has 2 N–H and O–H groups in total. The molecule has 2 aromatic rings. The van der Waals surface area contributed by atoms with Gasteiger partial charge in [0.05, 0.1) is 11.2 Å². The quantitative estimate of drug-likeness (QED) is 0.610. The van der Waals surface area contributed by atoms with Crippen LogP contribution in [0.1, 0.15) is 16.1 Å². The molecule has 1 heterocycles. The summed E-state index contributed by atoms with van der Waals surface area (Å²) >= 11 is 7.10. The summed E-state index contributed by atoms with van der Waals surface area (Å²) in [5.74, 6) is -1.70. The van der Waals surface area contributed by atoms with E-state index in [4.69, 9.17) is 16.7 Å². The highest BCUT2D eigenvalue weighted by atomic mass is 35.5. The van der Waals surface area contributed by atoms with Crippen LogP contribution >= 0.6 is 23.4 Å². The third-order valence-corrected chi connectivity index (χ3v) is 3.83. The van der Waals surface area contributed by atoms with Crippen LogP contribution in [-0.2, 0) is 10.5 Å². The van der Waals surface area contributed by atoms with Crippen LogP contribution < -0.4 is 5.32 Å². The van der Waals surface area contributed by atoms with Gasteiger partial charge in [-0.3, -0.25) is 9.59 Å². The molecule has 0 aliphatic rings. The summed E-state index contributed by atoms with van der Waals surface area (Å²) in [4.78, 5) is 30.3. The summed E-state index contributed by atoms with van der Waals surface area (Å²) in [5.41, 5.74) is 0.774. The first-order valence-electron chi connectivity index (χ1n) is 6.35. The first-order chi connectivity index (χ1) is 11.0. The van der Waals surface area contributed by atoms with E-state index in [1.54, 1.807) is 12.1 Å². The van der Waals surface area contributed by atoms with Crippen molar-refractivity contribution in [3.8, 4) is 0 Å². The van der Waals surface area contributed by atoms with Gasteiger partial charge in [-0.05, 0) is 17.7 Å². The molecule has 120 valence electrons. The van der Waals surface area contributed by atoms with Gasteiger partial charge in [-0.15, -0.1) is 0 Å². The van der Waals surface area contributed by atoms with E-state index in [9.17, 15) is 14.0 Å². The number of rotatable bonds is 6. The highest BCUT2D eigenvalue weighted by Gasteiger charge is 2.15. The molecule has 0 spiro atoms. The average Bonchev–Trinajstić information content (AvgIpc) is 2.53. The van der Waals surface area contributed by atoms with Gasteiger partial charge < -0.3 is 10.4 Å². The SMILES string of the molecule is O=C(O)CNC(=O)c1nc(SCc2ccc(F)cc2)ncc1Cl. The van der Waals surface area contributed by atoms with Gasteiger partial charge >= 0.3 is 5.97 Å². The lowest BCUT2D eigenvalue weighted by molar-refractivity contribution is -0.135. The molecule has 0 unspecified atom stereocenters. The number of carbonyl (C=O) groups is 2. The fourth-order valence-corrected chi connectivity index (χ4v) is 2.50. The number of carbonyl (C=O) groups excluding carboxylic acids is 1. The van der Waals surface area contributed by atoms with Crippen LogP contribution in [0, 0.1) is 5.82 Å². The maximum atomic E-state index is 12.8. The Labute approximate surface area is 140 Å². The maximum absolute atomic E-state index is 12.8. The number of carboxylic acid groups (broad SMARTS) is 1. The van der Waals surface area contributed by atoms with Crippen molar-refractivity contribution in [1.29, 1.82) is 0 Å². The topological polar surface area (TPSA) is 92.2 Å². The van der Waals surface area contributed by atoms with E-state index in [1.807, 2.05) is 0 Å². The molecule has 1 aromatic heterocycles. The fraction of sp³-hybridized carbons (Fsp3) is 0.143. The summed E-state index contributed by atoms with van der Waals surface area (Å²) < 4.78 is 12.8. The number of hydrogen-bond donors (Lipinski definition) is 2. The summed E-state index contributed by atoms with van der Waals surface area (Å²) in [5, 5.41) is 11.1. The molecule has 0 saturated heterocycles. The number of benzene rings is 1. The van der Waals surface area contributed by atoms with Gasteiger partial charge in [0.2, 0.25) is 0 Å². The minimum absolute atomic E-state index is 0.0269. The number of halogens is 2. The Hall–Kier alpha value is -2.19. The zero-order valence-corrected chi connectivity index (χ0v) is 13.2. The van der Waals surface area contributed by atoms with Crippen molar-refractivity contribution in [2.24, 2.45) is 0 Å². The number of aliphatic carboxylic acids is 1.